The van der Waals surface area contributed by atoms with E-state index in [1.165, 1.54) is 5.56 Å². The number of carbonyl (C=O) groups is 2. The fourth-order valence-corrected chi connectivity index (χ4v) is 2.87. The Labute approximate surface area is 130 Å². The minimum atomic E-state index is -0.322. The average molecular weight is 302 g/mol. The molecular weight excluding hydrogens is 280 g/mol. The van der Waals surface area contributed by atoms with E-state index in [0.717, 1.165) is 38.4 Å². The van der Waals surface area contributed by atoms with Crippen LogP contribution in [0.2, 0.25) is 0 Å². The second kappa shape index (κ2) is 6.89. The number of nitrogens with one attached hydrogen (secondary N) is 3. The quantitative estimate of drug-likeness (QED) is 0.698. The summed E-state index contributed by atoms with van der Waals surface area (Å²) in [7, 11) is 0. The summed E-state index contributed by atoms with van der Waals surface area (Å²) in [5, 5.41) is 8.91. The standard InChI is InChI=1S/C16H22N4O2/c21-15-6-5-14(16(22)19-15)18-13-3-1-12(2-4-13)11-20-9-7-17-8-10-20/h1-4,14,17-18H,5-11H2,(H,19,21,22). The second-order valence-corrected chi connectivity index (χ2v) is 5.87. The molecule has 0 aliphatic carbocycles. The van der Waals surface area contributed by atoms with Gasteiger partial charge in [-0.05, 0) is 24.1 Å². The van der Waals surface area contributed by atoms with Crippen molar-refractivity contribution in [2.45, 2.75) is 25.4 Å². The summed E-state index contributed by atoms with van der Waals surface area (Å²) in [6.45, 7) is 5.22. The van der Waals surface area contributed by atoms with Crippen molar-refractivity contribution in [2.75, 3.05) is 31.5 Å². The minimum Gasteiger partial charge on any atom is -0.374 e. The van der Waals surface area contributed by atoms with Gasteiger partial charge in [0, 0.05) is 44.8 Å². The molecule has 1 aromatic rings. The van der Waals surface area contributed by atoms with Gasteiger partial charge in [0.25, 0.3) is 0 Å². The predicted octanol–water partition coefficient (Wildman–Crippen LogP) is 0.309. The molecule has 2 amide bonds. The zero-order valence-electron chi connectivity index (χ0n) is 12.6. The summed E-state index contributed by atoms with van der Waals surface area (Å²) in [6.07, 6.45) is 0.942. The van der Waals surface area contributed by atoms with Crippen molar-refractivity contribution in [2.24, 2.45) is 0 Å². The third kappa shape index (κ3) is 3.84. The Kier molecular flexibility index (Phi) is 4.70. The maximum absolute atomic E-state index is 11.7. The molecule has 6 heteroatoms. The molecule has 3 rings (SSSR count). The van der Waals surface area contributed by atoms with Crippen molar-refractivity contribution in [1.82, 2.24) is 15.5 Å². The number of imide groups is 1. The van der Waals surface area contributed by atoms with E-state index in [1.807, 2.05) is 12.1 Å². The molecule has 3 N–H and O–H groups in total. The summed E-state index contributed by atoms with van der Waals surface area (Å²) < 4.78 is 0. The van der Waals surface area contributed by atoms with Gasteiger partial charge in [-0.3, -0.25) is 19.8 Å². The Bertz CT molecular complexity index is 538. The van der Waals surface area contributed by atoms with Crippen LogP contribution >= 0.6 is 0 Å². The summed E-state index contributed by atoms with van der Waals surface area (Å²) in [4.78, 5) is 25.3. The molecule has 22 heavy (non-hydrogen) atoms. The van der Waals surface area contributed by atoms with Gasteiger partial charge < -0.3 is 10.6 Å². The van der Waals surface area contributed by atoms with Crippen molar-refractivity contribution in [3.8, 4) is 0 Å². The Hall–Kier alpha value is -1.92. The molecule has 1 atom stereocenters. The Morgan fingerprint density at radius 1 is 1.14 bits per heavy atom. The Balaban J connectivity index is 1.54. The highest BCUT2D eigenvalue weighted by atomic mass is 16.2. The molecule has 0 bridgehead atoms. The summed E-state index contributed by atoms with van der Waals surface area (Å²) in [5.41, 5.74) is 2.19. The van der Waals surface area contributed by atoms with Gasteiger partial charge in [-0.15, -0.1) is 0 Å². The highest BCUT2D eigenvalue weighted by molar-refractivity contribution is 6.01. The van der Waals surface area contributed by atoms with Crippen LogP contribution in [0.1, 0.15) is 18.4 Å². The van der Waals surface area contributed by atoms with Crippen LogP contribution in [0.15, 0.2) is 24.3 Å². The van der Waals surface area contributed by atoms with E-state index in [0.29, 0.717) is 12.8 Å². The molecule has 2 aliphatic heterocycles. The van der Waals surface area contributed by atoms with Crippen LogP contribution in [-0.4, -0.2) is 48.9 Å². The summed E-state index contributed by atoms with van der Waals surface area (Å²) >= 11 is 0. The number of amides is 2. The van der Waals surface area contributed by atoms with Crippen LogP contribution in [0, 0.1) is 0 Å². The van der Waals surface area contributed by atoms with E-state index in [9.17, 15) is 9.59 Å². The first-order chi connectivity index (χ1) is 10.7. The fraction of sp³-hybridized carbons (Fsp3) is 0.500. The largest absolute Gasteiger partial charge is 0.374 e. The van der Waals surface area contributed by atoms with Crippen LogP contribution in [0.25, 0.3) is 0 Å². The molecule has 0 radical (unpaired) electrons. The third-order valence-electron chi connectivity index (χ3n) is 4.15. The van der Waals surface area contributed by atoms with Crippen molar-refractivity contribution in [3.05, 3.63) is 29.8 Å². The van der Waals surface area contributed by atoms with Crippen molar-refractivity contribution >= 4 is 17.5 Å². The molecule has 1 unspecified atom stereocenters. The second-order valence-electron chi connectivity index (χ2n) is 5.87. The minimum absolute atomic E-state index is 0.186. The highest BCUT2D eigenvalue weighted by Crippen LogP contribution is 2.16. The first-order valence-electron chi connectivity index (χ1n) is 7.83. The van der Waals surface area contributed by atoms with Gasteiger partial charge in [0.1, 0.15) is 6.04 Å². The van der Waals surface area contributed by atoms with Crippen LogP contribution in [0.4, 0.5) is 5.69 Å². The Morgan fingerprint density at radius 2 is 1.86 bits per heavy atom. The number of hydrogen-bond acceptors (Lipinski definition) is 5. The van der Waals surface area contributed by atoms with E-state index >= 15 is 0 Å². The molecule has 6 nitrogen and oxygen atoms in total. The van der Waals surface area contributed by atoms with E-state index in [1.54, 1.807) is 0 Å². The third-order valence-corrected chi connectivity index (χ3v) is 4.15. The van der Waals surface area contributed by atoms with Gasteiger partial charge in [0.15, 0.2) is 0 Å². The number of anilines is 1. The zero-order valence-corrected chi connectivity index (χ0v) is 12.6. The van der Waals surface area contributed by atoms with Gasteiger partial charge in [-0.25, -0.2) is 0 Å². The average Bonchev–Trinajstić information content (AvgIpc) is 2.53. The summed E-state index contributed by atoms with van der Waals surface area (Å²) in [6, 6.07) is 7.87. The van der Waals surface area contributed by atoms with E-state index in [4.69, 9.17) is 0 Å². The van der Waals surface area contributed by atoms with Crippen molar-refractivity contribution in [1.29, 1.82) is 0 Å². The van der Waals surface area contributed by atoms with Crippen LogP contribution in [0.5, 0.6) is 0 Å². The molecule has 1 aromatic carbocycles. The molecule has 2 heterocycles. The highest BCUT2D eigenvalue weighted by Gasteiger charge is 2.26. The number of rotatable bonds is 4. The van der Waals surface area contributed by atoms with Gasteiger partial charge in [-0.2, -0.15) is 0 Å². The lowest BCUT2D eigenvalue weighted by molar-refractivity contribution is -0.133. The number of carbonyl (C=O) groups excluding carboxylic acids is 2. The maximum atomic E-state index is 11.7. The first-order valence-corrected chi connectivity index (χ1v) is 7.83. The topological polar surface area (TPSA) is 73.5 Å². The number of benzene rings is 1. The van der Waals surface area contributed by atoms with Crippen LogP contribution < -0.4 is 16.0 Å². The predicted molar refractivity (Wildman–Crippen MR) is 84.4 cm³/mol. The van der Waals surface area contributed by atoms with E-state index < -0.39 is 0 Å². The fourth-order valence-electron chi connectivity index (χ4n) is 2.87. The molecule has 2 fully saturated rings. The molecule has 0 spiro atoms. The van der Waals surface area contributed by atoms with Gasteiger partial charge in [0.2, 0.25) is 11.8 Å². The van der Waals surface area contributed by atoms with Crippen LogP contribution in [-0.2, 0) is 16.1 Å². The van der Waals surface area contributed by atoms with E-state index in [2.05, 4.69) is 33.0 Å². The van der Waals surface area contributed by atoms with Gasteiger partial charge in [0.05, 0.1) is 0 Å². The molecule has 2 aliphatic rings. The van der Waals surface area contributed by atoms with Gasteiger partial charge in [-0.1, -0.05) is 12.1 Å². The molecule has 0 aromatic heterocycles. The molecular formula is C16H22N4O2. The van der Waals surface area contributed by atoms with Crippen LogP contribution in [0.3, 0.4) is 0 Å². The Morgan fingerprint density at radius 3 is 2.55 bits per heavy atom. The number of hydrogen-bond donors (Lipinski definition) is 3. The van der Waals surface area contributed by atoms with E-state index in [-0.39, 0.29) is 17.9 Å². The van der Waals surface area contributed by atoms with Crippen molar-refractivity contribution in [3.63, 3.8) is 0 Å². The number of piperidine rings is 1. The number of piperazine rings is 1. The smallest absolute Gasteiger partial charge is 0.249 e. The van der Waals surface area contributed by atoms with Gasteiger partial charge >= 0.3 is 0 Å². The number of nitrogens with zero attached hydrogens (tertiary/aromatic N) is 1. The normalized spacial score (nSPS) is 23.2. The molecule has 2 saturated heterocycles. The SMILES string of the molecule is O=C1CCC(Nc2ccc(CN3CCNCC3)cc2)C(=O)N1. The maximum Gasteiger partial charge on any atom is 0.249 e. The zero-order chi connectivity index (χ0) is 15.4. The monoisotopic (exact) mass is 302 g/mol. The van der Waals surface area contributed by atoms with Crippen molar-refractivity contribution < 1.29 is 9.59 Å². The lowest BCUT2D eigenvalue weighted by atomic mass is 10.1. The first kappa shape index (κ1) is 15.0. The lowest BCUT2D eigenvalue weighted by Gasteiger charge is -2.27. The lowest BCUT2D eigenvalue weighted by Crippen LogP contribution is -2.47. The molecule has 0 saturated carbocycles. The summed E-state index contributed by atoms with van der Waals surface area (Å²) in [5.74, 6) is -0.421. The molecule has 118 valence electrons.